The summed E-state index contributed by atoms with van der Waals surface area (Å²) in [6.07, 6.45) is -4.19. The van der Waals surface area contributed by atoms with Gasteiger partial charge >= 0.3 is 12.1 Å². The van der Waals surface area contributed by atoms with Crippen molar-refractivity contribution in [3.05, 3.63) is 17.0 Å². The van der Waals surface area contributed by atoms with Gasteiger partial charge in [0.1, 0.15) is 4.21 Å². The number of carboxylic acid groups (broad SMARTS) is 1. The van der Waals surface area contributed by atoms with Crippen LogP contribution in [-0.2, 0) is 21.2 Å². The number of carboxylic acids is 1. The Morgan fingerprint density at radius 3 is 2.65 bits per heavy atom. The molecule has 0 unspecified atom stereocenters. The number of sulfonamides is 1. The Balaban J connectivity index is 2.06. The molecule has 23 heavy (non-hydrogen) atoms. The van der Waals surface area contributed by atoms with Crippen LogP contribution < -0.4 is 4.72 Å². The summed E-state index contributed by atoms with van der Waals surface area (Å²) < 4.78 is 65.0. The van der Waals surface area contributed by atoms with Gasteiger partial charge in [0, 0.05) is 10.9 Å². The Labute approximate surface area is 135 Å². The third-order valence-electron chi connectivity index (χ3n) is 3.69. The molecule has 2 rings (SSSR count). The lowest BCUT2D eigenvalue weighted by atomic mass is 9.86. The second kappa shape index (κ2) is 6.78. The van der Waals surface area contributed by atoms with Crippen LogP contribution in [0.3, 0.4) is 0 Å². The topological polar surface area (TPSA) is 83.5 Å². The maximum atomic E-state index is 12.8. The monoisotopic (exact) mass is 371 g/mol. The van der Waals surface area contributed by atoms with E-state index in [-0.39, 0.29) is 23.5 Å². The molecule has 1 aliphatic rings. The van der Waals surface area contributed by atoms with Gasteiger partial charge in [0.2, 0.25) is 10.0 Å². The van der Waals surface area contributed by atoms with E-state index >= 15 is 0 Å². The first-order valence-corrected chi connectivity index (χ1v) is 9.27. The molecule has 0 aromatic carbocycles. The average molecular weight is 371 g/mol. The highest BCUT2D eigenvalue weighted by Crippen LogP contribution is 2.38. The lowest BCUT2D eigenvalue weighted by Crippen LogP contribution is -2.41. The molecule has 1 heterocycles. The Bertz CT molecular complexity index is 669. The zero-order valence-corrected chi connectivity index (χ0v) is 13.6. The Hall–Kier alpha value is -1.13. The minimum atomic E-state index is -4.32. The Morgan fingerprint density at radius 1 is 1.35 bits per heavy atom. The molecule has 1 aromatic rings. The molecular weight excluding hydrogens is 355 g/mol. The number of carbonyl (C=O) groups is 1. The van der Waals surface area contributed by atoms with E-state index in [4.69, 9.17) is 5.11 Å². The fourth-order valence-electron chi connectivity index (χ4n) is 2.62. The van der Waals surface area contributed by atoms with Crippen molar-refractivity contribution < 1.29 is 31.5 Å². The Morgan fingerprint density at radius 2 is 2.04 bits per heavy atom. The van der Waals surface area contributed by atoms with Crippen molar-refractivity contribution in [1.29, 1.82) is 0 Å². The summed E-state index contributed by atoms with van der Waals surface area (Å²) in [6.45, 7) is 0. The van der Waals surface area contributed by atoms with E-state index in [1.54, 1.807) is 0 Å². The van der Waals surface area contributed by atoms with E-state index in [0.717, 1.165) is 11.3 Å². The molecule has 0 aliphatic heterocycles. The largest absolute Gasteiger partial charge is 0.481 e. The highest BCUT2D eigenvalue weighted by Gasteiger charge is 2.42. The number of halogens is 3. The molecule has 0 spiro atoms. The van der Waals surface area contributed by atoms with Crippen molar-refractivity contribution in [3.8, 4) is 0 Å². The third-order valence-corrected chi connectivity index (χ3v) is 6.78. The number of aliphatic carboxylic acids is 1. The van der Waals surface area contributed by atoms with Crippen LogP contribution >= 0.6 is 11.3 Å². The van der Waals surface area contributed by atoms with Gasteiger partial charge in [-0.25, -0.2) is 13.1 Å². The maximum absolute atomic E-state index is 12.8. The predicted molar refractivity (Wildman–Crippen MR) is 77.8 cm³/mol. The SMILES string of the molecule is O=C(O)Cc1ccc(S(=O)(=O)N[C@@H]2CCC[C@H](C(F)(F)F)C2)s1. The fraction of sp³-hybridized carbons (Fsp3) is 0.615. The van der Waals surface area contributed by atoms with E-state index in [1.165, 1.54) is 12.1 Å². The summed E-state index contributed by atoms with van der Waals surface area (Å²) in [7, 11) is -3.94. The number of hydrogen-bond acceptors (Lipinski definition) is 4. The summed E-state index contributed by atoms with van der Waals surface area (Å²) in [5, 5.41) is 8.68. The first-order valence-electron chi connectivity index (χ1n) is 6.97. The lowest BCUT2D eigenvalue weighted by molar-refractivity contribution is -0.183. The van der Waals surface area contributed by atoms with Gasteiger partial charge in [0.15, 0.2) is 0 Å². The van der Waals surface area contributed by atoms with Gasteiger partial charge in [-0.05, 0) is 31.4 Å². The third kappa shape index (κ3) is 4.92. The van der Waals surface area contributed by atoms with E-state index in [0.29, 0.717) is 17.7 Å². The van der Waals surface area contributed by atoms with Crippen molar-refractivity contribution in [3.63, 3.8) is 0 Å². The van der Waals surface area contributed by atoms with Gasteiger partial charge in [0.25, 0.3) is 0 Å². The van der Waals surface area contributed by atoms with Crippen LogP contribution in [0.5, 0.6) is 0 Å². The smallest absolute Gasteiger partial charge is 0.391 e. The van der Waals surface area contributed by atoms with Gasteiger partial charge in [0.05, 0.1) is 12.3 Å². The van der Waals surface area contributed by atoms with Crippen molar-refractivity contribution in [2.45, 2.75) is 48.5 Å². The summed E-state index contributed by atoms with van der Waals surface area (Å²) >= 11 is 0.810. The number of alkyl halides is 3. The molecule has 1 saturated carbocycles. The minimum Gasteiger partial charge on any atom is -0.481 e. The number of nitrogens with one attached hydrogen (secondary N) is 1. The van der Waals surface area contributed by atoms with E-state index in [9.17, 15) is 26.4 Å². The number of rotatable bonds is 5. The summed E-state index contributed by atoms with van der Waals surface area (Å²) in [6, 6.07) is 1.91. The van der Waals surface area contributed by atoms with Crippen molar-refractivity contribution in [2.24, 2.45) is 5.92 Å². The van der Waals surface area contributed by atoms with Crippen LogP contribution in [0.25, 0.3) is 0 Å². The second-order valence-electron chi connectivity index (χ2n) is 5.51. The molecule has 1 aromatic heterocycles. The van der Waals surface area contributed by atoms with Gasteiger partial charge < -0.3 is 5.11 Å². The van der Waals surface area contributed by atoms with E-state index < -0.39 is 34.1 Å². The van der Waals surface area contributed by atoms with Crippen LogP contribution in [0.1, 0.15) is 30.6 Å². The molecule has 10 heteroatoms. The highest BCUT2D eigenvalue weighted by molar-refractivity contribution is 7.91. The quantitative estimate of drug-likeness (QED) is 0.834. The molecule has 130 valence electrons. The summed E-state index contributed by atoms with van der Waals surface area (Å²) in [4.78, 5) is 11.0. The average Bonchev–Trinajstić information content (AvgIpc) is 2.86. The van der Waals surface area contributed by atoms with Crippen LogP contribution in [0, 0.1) is 5.92 Å². The van der Waals surface area contributed by atoms with Crippen LogP contribution in [-0.4, -0.2) is 31.7 Å². The first kappa shape index (κ1) is 18.2. The second-order valence-corrected chi connectivity index (χ2v) is 8.62. The molecule has 0 bridgehead atoms. The molecule has 2 N–H and O–H groups in total. The first-order chi connectivity index (χ1) is 10.6. The van der Waals surface area contributed by atoms with Gasteiger partial charge in [-0.3, -0.25) is 4.79 Å². The van der Waals surface area contributed by atoms with Crippen molar-refractivity contribution in [1.82, 2.24) is 4.72 Å². The van der Waals surface area contributed by atoms with Crippen LogP contribution in [0.4, 0.5) is 13.2 Å². The molecule has 5 nitrogen and oxygen atoms in total. The van der Waals surface area contributed by atoms with Gasteiger partial charge in [-0.1, -0.05) is 6.42 Å². The maximum Gasteiger partial charge on any atom is 0.391 e. The highest BCUT2D eigenvalue weighted by atomic mass is 32.2. The minimum absolute atomic E-state index is 0.0174. The lowest BCUT2D eigenvalue weighted by Gasteiger charge is -2.30. The standard InChI is InChI=1S/C13H16F3NO4S2/c14-13(15,16)8-2-1-3-9(6-8)17-23(20,21)12-5-4-10(22-12)7-11(18)19/h4-5,8-9,17H,1-3,6-7H2,(H,18,19)/t8-,9+/m0/s1. The molecule has 0 saturated heterocycles. The predicted octanol–water partition coefficient (Wildman–Crippen LogP) is 2.77. The van der Waals surface area contributed by atoms with Gasteiger partial charge in [-0.15, -0.1) is 11.3 Å². The normalized spacial score (nSPS) is 22.9. The van der Waals surface area contributed by atoms with E-state index in [2.05, 4.69) is 4.72 Å². The summed E-state index contributed by atoms with van der Waals surface area (Å²) in [5.74, 6) is -2.57. The van der Waals surface area contributed by atoms with Crippen LogP contribution in [0.2, 0.25) is 0 Å². The molecule has 2 atom stereocenters. The van der Waals surface area contributed by atoms with E-state index in [1.807, 2.05) is 0 Å². The Kier molecular flexibility index (Phi) is 5.37. The van der Waals surface area contributed by atoms with Crippen molar-refractivity contribution in [2.75, 3.05) is 0 Å². The summed E-state index contributed by atoms with van der Waals surface area (Å²) in [5.41, 5.74) is 0. The van der Waals surface area contributed by atoms with Crippen molar-refractivity contribution >= 4 is 27.3 Å². The van der Waals surface area contributed by atoms with Gasteiger partial charge in [-0.2, -0.15) is 13.2 Å². The molecule has 0 amide bonds. The zero-order valence-electron chi connectivity index (χ0n) is 12.0. The number of thiophene rings is 1. The molecule has 1 aliphatic carbocycles. The molecular formula is C13H16F3NO4S2. The zero-order chi connectivity index (χ0) is 17.3. The number of hydrogen-bond donors (Lipinski definition) is 2. The fourth-order valence-corrected chi connectivity index (χ4v) is 5.27. The molecule has 1 fully saturated rings. The van der Waals surface area contributed by atoms with Crippen LogP contribution in [0.15, 0.2) is 16.3 Å². The molecule has 0 radical (unpaired) electrons.